The van der Waals surface area contributed by atoms with E-state index in [4.69, 9.17) is 16.3 Å². The molecule has 0 saturated carbocycles. The number of carbonyl (C=O) groups is 2. The van der Waals surface area contributed by atoms with Gasteiger partial charge in [-0.3, -0.25) is 9.59 Å². The molecule has 3 aromatic rings. The highest BCUT2D eigenvalue weighted by Gasteiger charge is 2.12. The summed E-state index contributed by atoms with van der Waals surface area (Å²) in [5.41, 5.74) is 5.37. The van der Waals surface area contributed by atoms with Crippen molar-refractivity contribution >= 4 is 35.3 Å². The van der Waals surface area contributed by atoms with Crippen molar-refractivity contribution in [2.75, 3.05) is 5.32 Å². The van der Waals surface area contributed by atoms with E-state index in [0.29, 0.717) is 23.1 Å². The van der Waals surface area contributed by atoms with Crippen LogP contribution in [0.15, 0.2) is 77.9 Å². The third-order valence-corrected chi connectivity index (χ3v) is 4.46. The van der Waals surface area contributed by atoms with Crippen LogP contribution in [-0.2, 0) is 16.2 Å². The minimum Gasteiger partial charge on any atom is -0.489 e. The molecule has 0 aliphatic rings. The van der Waals surface area contributed by atoms with Crippen LogP contribution in [0.4, 0.5) is 5.69 Å². The molecule has 0 aliphatic carbocycles. The second-order valence-electron chi connectivity index (χ2n) is 6.47. The number of nitrogens with one attached hydrogen (secondary N) is 2. The van der Waals surface area contributed by atoms with Gasteiger partial charge in [-0.1, -0.05) is 41.9 Å². The first-order chi connectivity index (χ1) is 14.5. The second-order valence-corrected chi connectivity index (χ2v) is 6.88. The summed E-state index contributed by atoms with van der Waals surface area (Å²) in [7, 11) is 0. The van der Waals surface area contributed by atoms with Crippen molar-refractivity contribution in [3.8, 4) is 5.75 Å². The van der Waals surface area contributed by atoms with Gasteiger partial charge < -0.3 is 10.1 Å². The second kappa shape index (κ2) is 10.2. The fraction of sp³-hybridized carbons (Fsp3) is 0.0870. The Labute approximate surface area is 179 Å². The highest BCUT2D eigenvalue weighted by atomic mass is 35.5. The van der Waals surface area contributed by atoms with Crippen LogP contribution in [0.5, 0.6) is 5.75 Å². The molecule has 30 heavy (non-hydrogen) atoms. The number of rotatable bonds is 6. The standard InChI is InChI=1S/C23H20ClN3O3/c1-16-5-4-7-19(13-16)26-22(28)23(29)27-25-14-17-9-11-20(12-10-17)30-15-18-6-2-3-8-21(18)24/h2-14H,15H2,1H3,(H,26,28)(H,27,29)/b25-14+. The average Bonchev–Trinajstić information content (AvgIpc) is 2.74. The Morgan fingerprint density at radius 1 is 1.00 bits per heavy atom. The molecule has 0 heterocycles. The predicted octanol–water partition coefficient (Wildman–Crippen LogP) is 4.32. The molecule has 0 atom stereocenters. The molecule has 0 fully saturated rings. The van der Waals surface area contributed by atoms with Gasteiger partial charge in [0.2, 0.25) is 0 Å². The van der Waals surface area contributed by atoms with E-state index < -0.39 is 11.8 Å². The van der Waals surface area contributed by atoms with Crippen LogP contribution in [-0.4, -0.2) is 18.0 Å². The maximum Gasteiger partial charge on any atom is 0.329 e. The van der Waals surface area contributed by atoms with Gasteiger partial charge in [0.05, 0.1) is 6.21 Å². The SMILES string of the molecule is Cc1cccc(NC(=O)C(=O)N/N=C/c2ccc(OCc3ccccc3Cl)cc2)c1. The van der Waals surface area contributed by atoms with Gasteiger partial charge in [0.25, 0.3) is 0 Å². The molecule has 0 saturated heterocycles. The van der Waals surface area contributed by atoms with Gasteiger partial charge in [-0.2, -0.15) is 5.10 Å². The number of hydrogen-bond acceptors (Lipinski definition) is 4. The lowest BCUT2D eigenvalue weighted by Gasteiger charge is -2.07. The van der Waals surface area contributed by atoms with Gasteiger partial charge in [0, 0.05) is 16.3 Å². The number of benzene rings is 3. The lowest BCUT2D eigenvalue weighted by atomic mass is 10.2. The summed E-state index contributed by atoms with van der Waals surface area (Å²) in [6, 6.07) is 21.8. The Hall–Kier alpha value is -3.64. The Kier molecular flexibility index (Phi) is 7.19. The van der Waals surface area contributed by atoms with Gasteiger partial charge in [0.1, 0.15) is 12.4 Å². The quantitative estimate of drug-likeness (QED) is 0.353. The fourth-order valence-corrected chi connectivity index (χ4v) is 2.74. The number of hydrogen-bond donors (Lipinski definition) is 2. The van der Waals surface area contributed by atoms with E-state index in [9.17, 15) is 9.59 Å². The summed E-state index contributed by atoms with van der Waals surface area (Å²) >= 11 is 6.11. The zero-order valence-corrected chi connectivity index (χ0v) is 17.0. The van der Waals surface area contributed by atoms with E-state index in [2.05, 4.69) is 15.8 Å². The van der Waals surface area contributed by atoms with Crippen LogP contribution < -0.4 is 15.5 Å². The highest BCUT2D eigenvalue weighted by molar-refractivity contribution is 6.39. The van der Waals surface area contributed by atoms with Gasteiger partial charge in [-0.05, 0) is 60.5 Å². The summed E-state index contributed by atoms with van der Waals surface area (Å²) in [4.78, 5) is 23.8. The zero-order valence-electron chi connectivity index (χ0n) is 16.3. The van der Waals surface area contributed by atoms with Crippen molar-refractivity contribution < 1.29 is 14.3 Å². The number of carbonyl (C=O) groups excluding carboxylic acids is 2. The van der Waals surface area contributed by atoms with Crippen LogP contribution in [0.25, 0.3) is 0 Å². The van der Waals surface area contributed by atoms with Crippen LogP contribution in [0.2, 0.25) is 5.02 Å². The molecule has 2 N–H and O–H groups in total. The normalized spacial score (nSPS) is 10.6. The van der Waals surface area contributed by atoms with E-state index in [1.165, 1.54) is 6.21 Å². The number of halogens is 1. The minimum atomic E-state index is -0.854. The Bertz CT molecular complexity index is 1070. The number of ether oxygens (including phenoxy) is 1. The van der Waals surface area contributed by atoms with Crippen LogP contribution in [0.3, 0.4) is 0 Å². The maximum absolute atomic E-state index is 11.9. The van der Waals surface area contributed by atoms with Crippen molar-refractivity contribution in [1.82, 2.24) is 5.43 Å². The van der Waals surface area contributed by atoms with Crippen molar-refractivity contribution in [1.29, 1.82) is 0 Å². The van der Waals surface area contributed by atoms with Gasteiger partial charge in [-0.25, -0.2) is 5.43 Å². The minimum absolute atomic E-state index is 0.360. The Balaban J connectivity index is 1.48. The molecule has 0 bridgehead atoms. The highest BCUT2D eigenvalue weighted by Crippen LogP contribution is 2.18. The van der Waals surface area contributed by atoms with E-state index in [-0.39, 0.29) is 0 Å². The van der Waals surface area contributed by atoms with Crippen molar-refractivity contribution in [2.24, 2.45) is 5.10 Å². The topological polar surface area (TPSA) is 79.8 Å². The lowest BCUT2D eigenvalue weighted by Crippen LogP contribution is -2.32. The molecular formula is C23H20ClN3O3. The molecule has 0 unspecified atom stereocenters. The van der Waals surface area contributed by atoms with Gasteiger partial charge in [0.15, 0.2) is 0 Å². The summed E-state index contributed by atoms with van der Waals surface area (Å²) in [5, 5.41) is 6.99. The Morgan fingerprint density at radius 3 is 2.50 bits per heavy atom. The first kappa shape index (κ1) is 21.1. The molecule has 0 aliphatic heterocycles. The summed E-state index contributed by atoms with van der Waals surface area (Å²) in [6.07, 6.45) is 1.44. The predicted molar refractivity (Wildman–Crippen MR) is 118 cm³/mol. The third kappa shape index (κ3) is 6.18. The molecule has 152 valence electrons. The van der Waals surface area contributed by atoms with Crippen LogP contribution in [0.1, 0.15) is 16.7 Å². The monoisotopic (exact) mass is 421 g/mol. The lowest BCUT2D eigenvalue weighted by molar-refractivity contribution is -0.136. The number of hydrazone groups is 1. The summed E-state index contributed by atoms with van der Waals surface area (Å²) < 4.78 is 5.72. The molecule has 0 aromatic heterocycles. The number of aryl methyl sites for hydroxylation is 1. The number of anilines is 1. The third-order valence-electron chi connectivity index (χ3n) is 4.09. The number of nitrogens with zero attached hydrogens (tertiary/aromatic N) is 1. The molecule has 6 nitrogen and oxygen atoms in total. The number of amides is 2. The van der Waals surface area contributed by atoms with Crippen molar-refractivity contribution in [2.45, 2.75) is 13.5 Å². The average molecular weight is 422 g/mol. The van der Waals surface area contributed by atoms with Gasteiger partial charge >= 0.3 is 11.8 Å². The molecule has 0 spiro atoms. The van der Waals surface area contributed by atoms with E-state index >= 15 is 0 Å². The molecule has 2 amide bonds. The zero-order chi connectivity index (χ0) is 21.3. The molecule has 3 aromatic carbocycles. The maximum atomic E-state index is 11.9. The van der Waals surface area contributed by atoms with Crippen LogP contribution in [0, 0.1) is 6.92 Å². The van der Waals surface area contributed by atoms with Crippen molar-refractivity contribution in [3.63, 3.8) is 0 Å². The molecular weight excluding hydrogens is 402 g/mol. The van der Waals surface area contributed by atoms with Crippen LogP contribution >= 0.6 is 11.6 Å². The Morgan fingerprint density at radius 2 is 1.77 bits per heavy atom. The van der Waals surface area contributed by atoms with E-state index in [0.717, 1.165) is 16.7 Å². The molecule has 0 radical (unpaired) electrons. The first-order valence-corrected chi connectivity index (χ1v) is 9.56. The largest absolute Gasteiger partial charge is 0.489 e. The first-order valence-electron chi connectivity index (χ1n) is 9.18. The smallest absolute Gasteiger partial charge is 0.329 e. The molecule has 3 rings (SSSR count). The van der Waals surface area contributed by atoms with Gasteiger partial charge in [-0.15, -0.1) is 0 Å². The van der Waals surface area contributed by atoms with E-state index in [1.54, 1.807) is 42.5 Å². The summed E-state index contributed by atoms with van der Waals surface area (Å²) in [6.45, 7) is 2.26. The molecule has 7 heteroatoms. The fourth-order valence-electron chi connectivity index (χ4n) is 2.55. The summed E-state index contributed by atoms with van der Waals surface area (Å²) in [5.74, 6) is -0.970. The van der Waals surface area contributed by atoms with E-state index in [1.807, 2.05) is 37.3 Å². The van der Waals surface area contributed by atoms with Crippen molar-refractivity contribution in [3.05, 3.63) is 94.5 Å².